The summed E-state index contributed by atoms with van der Waals surface area (Å²) >= 11 is 0. The molecule has 0 radical (unpaired) electrons. The van der Waals surface area contributed by atoms with Crippen molar-refractivity contribution in [2.75, 3.05) is 42.1 Å². The van der Waals surface area contributed by atoms with Gasteiger partial charge in [0.2, 0.25) is 20.0 Å². The summed E-state index contributed by atoms with van der Waals surface area (Å²) < 4.78 is 59.1. The van der Waals surface area contributed by atoms with Crippen molar-refractivity contribution in [1.29, 1.82) is 0 Å². The molecule has 2 fully saturated rings. The van der Waals surface area contributed by atoms with Gasteiger partial charge in [0.05, 0.1) is 22.9 Å². The predicted octanol–water partition coefficient (Wildman–Crippen LogP) is 2.95. The third-order valence-electron chi connectivity index (χ3n) is 8.30. The number of hydrogen-bond acceptors (Lipinski definition) is 10. The molecule has 3 aromatic carbocycles. The van der Waals surface area contributed by atoms with E-state index in [0.717, 1.165) is 43.4 Å². The highest BCUT2D eigenvalue weighted by Gasteiger charge is 2.40. The Labute approximate surface area is 270 Å². The number of rotatable bonds is 12. The van der Waals surface area contributed by atoms with Gasteiger partial charge >= 0.3 is 5.97 Å². The van der Waals surface area contributed by atoms with Crippen LogP contribution in [0.2, 0.25) is 0 Å². The van der Waals surface area contributed by atoms with Crippen LogP contribution in [0, 0.1) is 0 Å². The van der Waals surface area contributed by atoms with Crippen molar-refractivity contribution < 1.29 is 36.6 Å². The Balaban J connectivity index is 1.12. The van der Waals surface area contributed by atoms with E-state index in [0.29, 0.717) is 18.4 Å². The van der Waals surface area contributed by atoms with Gasteiger partial charge in [0, 0.05) is 37.9 Å². The topological polar surface area (TPSA) is 166 Å². The molecule has 0 saturated carbocycles. The van der Waals surface area contributed by atoms with Crippen LogP contribution in [-0.2, 0) is 36.2 Å². The summed E-state index contributed by atoms with van der Waals surface area (Å²) in [6.45, 7) is 2.05. The van der Waals surface area contributed by atoms with E-state index in [1.54, 1.807) is 30.3 Å². The number of aromatic hydroxyl groups is 1. The first kappa shape index (κ1) is 33.7. The summed E-state index contributed by atoms with van der Waals surface area (Å²) in [6.07, 6.45) is 2.67. The van der Waals surface area contributed by atoms with Gasteiger partial charge in [0.15, 0.2) is 0 Å². The molecule has 248 valence electrons. The fraction of sp³-hybridized carbons (Fsp3) is 0.406. The number of nitrogens with one attached hydrogen (secondary N) is 2. The highest BCUT2D eigenvalue weighted by Crippen LogP contribution is 2.30. The Kier molecular flexibility index (Phi) is 10.5. The first-order chi connectivity index (χ1) is 21.9. The number of phenols is 1. The summed E-state index contributed by atoms with van der Waals surface area (Å²) in [7, 11) is -7.48. The second-order valence-corrected chi connectivity index (χ2v) is 15.3. The van der Waals surface area contributed by atoms with E-state index in [9.17, 15) is 31.8 Å². The van der Waals surface area contributed by atoms with Crippen LogP contribution in [0.15, 0.2) is 77.7 Å². The number of carbonyl (C=O) groups excluding carboxylic acids is 1. The van der Waals surface area contributed by atoms with Crippen LogP contribution in [0.25, 0.3) is 0 Å². The summed E-state index contributed by atoms with van der Waals surface area (Å²) in [6, 6.07) is 19.6. The number of carbonyl (C=O) groups is 1. The van der Waals surface area contributed by atoms with Crippen LogP contribution >= 0.6 is 0 Å². The number of aliphatic hydroxyl groups excluding tert-OH is 1. The second-order valence-electron chi connectivity index (χ2n) is 11.7. The lowest BCUT2D eigenvalue weighted by Gasteiger charge is -2.34. The average molecular weight is 673 g/mol. The molecule has 14 heteroatoms. The van der Waals surface area contributed by atoms with Crippen molar-refractivity contribution in [1.82, 2.24) is 9.62 Å². The lowest BCUT2D eigenvalue weighted by atomic mass is 10.0. The summed E-state index contributed by atoms with van der Waals surface area (Å²) in [5, 5.41) is 24.0. The Morgan fingerprint density at radius 3 is 2.33 bits per heavy atom. The minimum atomic E-state index is -3.89. The first-order valence-electron chi connectivity index (χ1n) is 15.2. The number of nitrogens with zero attached hydrogens (tertiary/aromatic N) is 2. The SMILES string of the molecule is CS(=O)(=O)Nc1cc([C@H](O)CNC2CCN(c3ccc(S(=O)(=O)N4CCC[C@H]4C(=O)OCc4ccccc4)cc3)CC2)ccc1O. The number of piperidine rings is 1. The Bertz CT molecular complexity index is 1710. The Morgan fingerprint density at radius 1 is 0.957 bits per heavy atom. The van der Waals surface area contributed by atoms with Gasteiger partial charge in [-0.1, -0.05) is 36.4 Å². The van der Waals surface area contributed by atoms with Gasteiger partial charge in [-0.05, 0) is 73.2 Å². The molecule has 46 heavy (non-hydrogen) atoms. The summed E-state index contributed by atoms with van der Waals surface area (Å²) in [5.41, 5.74) is 2.21. The molecule has 2 aliphatic rings. The van der Waals surface area contributed by atoms with Crippen molar-refractivity contribution in [3.05, 3.63) is 83.9 Å². The van der Waals surface area contributed by atoms with Gasteiger partial charge in [-0.2, -0.15) is 4.31 Å². The van der Waals surface area contributed by atoms with Gasteiger partial charge in [-0.15, -0.1) is 0 Å². The predicted molar refractivity (Wildman–Crippen MR) is 174 cm³/mol. The van der Waals surface area contributed by atoms with Crippen molar-refractivity contribution in [2.24, 2.45) is 0 Å². The molecule has 0 spiro atoms. The second kappa shape index (κ2) is 14.4. The molecular weight excluding hydrogens is 633 g/mol. The number of aliphatic hydroxyl groups is 1. The zero-order valence-corrected chi connectivity index (χ0v) is 27.2. The van der Waals surface area contributed by atoms with Crippen LogP contribution in [0.1, 0.15) is 42.9 Å². The maximum absolute atomic E-state index is 13.5. The van der Waals surface area contributed by atoms with E-state index in [4.69, 9.17) is 4.74 Å². The molecule has 0 bridgehead atoms. The molecule has 2 saturated heterocycles. The molecule has 0 aliphatic carbocycles. The number of anilines is 2. The van der Waals surface area contributed by atoms with Gasteiger partial charge in [-0.3, -0.25) is 9.52 Å². The molecule has 4 N–H and O–H groups in total. The average Bonchev–Trinajstić information content (AvgIpc) is 3.55. The van der Waals surface area contributed by atoms with Crippen LogP contribution in [0.5, 0.6) is 5.75 Å². The molecule has 2 atom stereocenters. The maximum atomic E-state index is 13.5. The van der Waals surface area contributed by atoms with Gasteiger partial charge in [-0.25, -0.2) is 16.8 Å². The minimum Gasteiger partial charge on any atom is -0.506 e. The monoisotopic (exact) mass is 672 g/mol. The standard InChI is InChI=1S/C32H40N4O8S2/c1-45(40,41)34-28-20-24(9-14-30(28)37)31(38)21-33-25-15-18-35(19-16-25)26-10-12-27(13-11-26)46(42,43)36-17-5-8-29(36)32(39)44-22-23-6-3-2-4-7-23/h2-4,6-7,9-14,20,25,29,31,33-34,37-38H,5,8,15-19,21-22H2,1H3/t29-,31+/m0/s1. The van der Waals surface area contributed by atoms with E-state index in [2.05, 4.69) is 14.9 Å². The van der Waals surface area contributed by atoms with Crippen LogP contribution in [0.3, 0.4) is 0 Å². The van der Waals surface area contributed by atoms with Crippen LogP contribution < -0.4 is 14.9 Å². The van der Waals surface area contributed by atoms with Crippen molar-refractivity contribution in [2.45, 2.75) is 55.4 Å². The fourth-order valence-corrected chi connectivity index (χ4v) is 8.04. The first-order valence-corrected chi connectivity index (χ1v) is 18.5. The number of phenolic OH excluding ortho intramolecular Hbond substituents is 1. The number of benzene rings is 3. The third-order valence-corrected chi connectivity index (χ3v) is 10.8. The third kappa shape index (κ3) is 8.36. The van der Waals surface area contributed by atoms with Crippen molar-refractivity contribution in [3.8, 4) is 5.75 Å². The Morgan fingerprint density at radius 2 is 1.65 bits per heavy atom. The van der Waals surface area contributed by atoms with Gasteiger partial charge in [0.1, 0.15) is 18.4 Å². The molecule has 2 heterocycles. The molecular formula is C32H40N4O8S2. The zero-order chi connectivity index (χ0) is 32.9. The van der Waals surface area contributed by atoms with Crippen molar-refractivity contribution in [3.63, 3.8) is 0 Å². The lowest BCUT2D eigenvalue weighted by Crippen LogP contribution is -2.43. The molecule has 2 aliphatic heterocycles. The highest BCUT2D eigenvalue weighted by atomic mass is 32.2. The van der Waals surface area contributed by atoms with E-state index in [1.807, 2.05) is 30.3 Å². The minimum absolute atomic E-state index is 0.00719. The smallest absolute Gasteiger partial charge is 0.324 e. The lowest BCUT2D eigenvalue weighted by molar-refractivity contribution is -0.148. The van der Waals surface area contributed by atoms with Crippen molar-refractivity contribution >= 4 is 37.4 Å². The maximum Gasteiger partial charge on any atom is 0.324 e. The van der Waals surface area contributed by atoms with E-state index >= 15 is 0 Å². The number of ether oxygens (including phenoxy) is 1. The van der Waals surface area contributed by atoms with Crippen LogP contribution in [-0.4, -0.2) is 81.8 Å². The van der Waals surface area contributed by atoms with E-state index < -0.39 is 38.2 Å². The number of sulfonamides is 2. The molecule has 0 unspecified atom stereocenters. The Hall–Kier alpha value is -3.69. The molecule has 0 amide bonds. The molecule has 12 nitrogen and oxygen atoms in total. The molecule has 5 rings (SSSR count). The fourth-order valence-electron chi connectivity index (χ4n) is 5.83. The largest absolute Gasteiger partial charge is 0.506 e. The number of hydrogen-bond donors (Lipinski definition) is 4. The number of esters is 1. The normalized spacial score (nSPS) is 18.7. The van der Waals surface area contributed by atoms with E-state index in [1.165, 1.54) is 16.4 Å². The van der Waals surface area contributed by atoms with Crippen LogP contribution in [0.4, 0.5) is 11.4 Å². The highest BCUT2D eigenvalue weighted by molar-refractivity contribution is 7.92. The van der Waals surface area contributed by atoms with Gasteiger partial charge in [0.25, 0.3) is 0 Å². The summed E-state index contributed by atoms with van der Waals surface area (Å²) in [4.78, 5) is 15.1. The van der Waals surface area contributed by atoms with Gasteiger partial charge < -0.3 is 25.2 Å². The molecule has 0 aromatic heterocycles. The molecule has 3 aromatic rings. The zero-order valence-electron chi connectivity index (χ0n) is 25.6. The van der Waals surface area contributed by atoms with E-state index in [-0.39, 0.29) is 42.1 Å². The quantitative estimate of drug-likeness (QED) is 0.166. The summed E-state index contributed by atoms with van der Waals surface area (Å²) in [5.74, 6) is -0.769.